The van der Waals surface area contributed by atoms with E-state index in [0.717, 1.165) is 0 Å². The highest BCUT2D eigenvalue weighted by molar-refractivity contribution is 6.42. The number of aromatic nitrogens is 3. The number of hydrogen-bond acceptors (Lipinski definition) is 4. The molecule has 0 saturated heterocycles. The van der Waals surface area contributed by atoms with Crippen LogP contribution in [0, 0.1) is 5.82 Å². The molecule has 32 heavy (non-hydrogen) atoms. The van der Waals surface area contributed by atoms with Gasteiger partial charge in [0.15, 0.2) is 5.82 Å². The van der Waals surface area contributed by atoms with Gasteiger partial charge in [0, 0.05) is 16.8 Å². The summed E-state index contributed by atoms with van der Waals surface area (Å²) in [7, 11) is 0. The van der Waals surface area contributed by atoms with E-state index in [2.05, 4.69) is 15.4 Å². The molecule has 0 aliphatic heterocycles. The lowest BCUT2D eigenvalue weighted by Gasteiger charge is -2.10. The summed E-state index contributed by atoms with van der Waals surface area (Å²) in [6.45, 7) is 2.23. The molecule has 1 N–H and O–H groups in total. The van der Waals surface area contributed by atoms with Crippen molar-refractivity contribution in [1.82, 2.24) is 14.8 Å². The number of carbonyl (C=O) groups excluding carboxylic acids is 1. The molecule has 0 fully saturated rings. The summed E-state index contributed by atoms with van der Waals surface area (Å²) in [5.74, 6) is -0.427. The third-order valence-electron chi connectivity index (χ3n) is 4.47. The van der Waals surface area contributed by atoms with Gasteiger partial charge in [-0.25, -0.2) is 9.07 Å². The Balaban J connectivity index is 1.70. The highest BCUT2D eigenvalue weighted by Crippen LogP contribution is 2.30. The summed E-state index contributed by atoms with van der Waals surface area (Å²) in [5.41, 5.74) is 2.03. The van der Waals surface area contributed by atoms with E-state index in [1.807, 2.05) is 13.0 Å². The molecule has 0 aliphatic carbocycles. The zero-order chi connectivity index (χ0) is 22.7. The number of halogens is 3. The normalized spacial score (nSPS) is 10.8. The molecule has 3 aromatic carbocycles. The molecular weight excluding hydrogens is 454 g/mol. The van der Waals surface area contributed by atoms with E-state index in [-0.39, 0.29) is 11.6 Å². The molecule has 0 unspecified atom stereocenters. The molecule has 0 radical (unpaired) electrons. The first-order valence-corrected chi connectivity index (χ1v) is 10.4. The van der Waals surface area contributed by atoms with Gasteiger partial charge in [-0.15, -0.1) is 5.10 Å². The molecule has 162 valence electrons. The molecule has 0 aliphatic rings. The fraction of sp³-hybridized carbons (Fsp3) is 0.0870. The van der Waals surface area contributed by atoms with E-state index < -0.39 is 11.7 Å². The van der Waals surface area contributed by atoms with Gasteiger partial charge in [-0.3, -0.25) is 4.79 Å². The van der Waals surface area contributed by atoms with Crippen LogP contribution in [-0.2, 0) is 0 Å². The maximum atomic E-state index is 13.4. The molecule has 0 atom stereocenters. The van der Waals surface area contributed by atoms with Gasteiger partial charge in [-0.1, -0.05) is 35.3 Å². The van der Waals surface area contributed by atoms with Gasteiger partial charge >= 0.3 is 6.01 Å². The molecule has 4 rings (SSSR count). The second-order valence-electron chi connectivity index (χ2n) is 6.71. The van der Waals surface area contributed by atoms with Crippen molar-refractivity contribution < 1.29 is 13.9 Å². The Bertz CT molecular complexity index is 1290. The first kappa shape index (κ1) is 21.8. The lowest BCUT2D eigenvalue weighted by molar-refractivity contribution is 0.102. The van der Waals surface area contributed by atoms with Gasteiger partial charge in [0.25, 0.3) is 5.91 Å². The highest BCUT2D eigenvalue weighted by Gasteiger charge is 2.16. The van der Waals surface area contributed by atoms with Crippen LogP contribution >= 0.6 is 23.2 Å². The van der Waals surface area contributed by atoms with Gasteiger partial charge in [-0.05, 0) is 61.5 Å². The van der Waals surface area contributed by atoms with Gasteiger partial charge in [0.2, 0.25) is 0 Å². The second kappa shape index (κ2) is 9.38. The van der Waals surface area contributed by atoms with Gasteiger partial charge < -0.3 is 10.1 Å². The summed E-state index contributed by atoms with van der Waals surface area (Å²) < 4.78 is 20.5. The Morgan fingerprint density at radius 1 is 1.06 bits per heavy atom. The molecule has 1 heterocycles. The van der Waals surface area contributed by atoms with Crippen LogP contribution in [0.25, 0.3) is 17.1 Å². The summed E-state index contributed by atoms with van der Waals surface area (Å²) in [6.07, 6.45) is 0. The quantitative estimate of drug-likeness (QED) is 0.373. The van der Waals surface area contributed by atoms with Crippen molar-refractivity contribution in [2.75, 3.05) is 11.9 Å². The number of nitrogens with one attached hydrogen (secondary N) is 1. The van der Waals surface area contributed by atoms with E-state index in [9.17, 15) is 9.18 Å². The fourth-order valence-electron chi connectivity index (χ4n) is 3.03. The van der Waals surface area contributed by atoms with Crippen molar-refractivity contribution in [3.05, 3.63) is 88.2 Å². The van der Waals surface area contributed by atoms with Crippen LogP contribution in [0.4, 0.5) is 10.1 Å². The maximum absolute atomic E-state index is 13.4. The number of carbonyl (C=O) groups is 1. The second-order valence-corrected chi connectivity index (χ2v) is 7.52. The van der Waals surface area contributed by atoms with E-state index in [4.69, 9.17) is 27.9 Å². The average Bonchev–Trinajstić information content (AvgIpc) is 3.20. The predicted octanol–water partition coefficient (Wildman–Crippen LogP) is 6.03. The number of benzene rings is 3. The Kier molecular flexibility index (Phi) is 6.39. The molecule has 0 bridgehead atoms. The number of nitrogens with zero attached hydrogens (tertiary/aromatic N) is 3. The van der Waals surface area contributed by atoms with E-state index in [1.54, 1.807) is 41.1 Å². The lowest BCUT2D eigenvalue weighted by Crippen LogP contribution is -2.12. The number of ether oxygens (including phenoxy) is 1. The molecule has 4 aromatic rings. The topological polar surface area (TPSA) is 69.0 Å². The molecule has 1 aromatic heterocycles. The fourth-order valence-corrected chi connectivity index (χ4v) is 3.33. The molecular formula is C23H17Cl2FN4O2. The highest BCUT2D eigenvalue weighted by atomic mass is 35.5. The minimum Gasteiger partial charge on any atom is -0.463 e. The number of hydrogen-bond donors (Lipinski definition) is 1. The first-order valence-electron chi connectivity index (χ1n) is 9.67. The van der Waals surface area contributed by atoms with Crippen LogP contribution in [0.15, 0.2) is 66.7 Å². The molecule has 0 saturated carbocycles. The minimum atomic E-state index is -0.483. The number of anilines is 1. The number of amides is 1. The smallest absolute Gasteiger partial charge is 0.336 e. The van der Waals surface area contributed by atoms with Crippen LogP contribution in [-0.4, -0.2) is 27.3 Å². The summed E-state index contributed by atoms with van der Waals surface area (Å²) in [5, 5.41) is 8.01. The van der Waals surface area contributed by atoms with Crippen LogP contribution in [0.1, 0.15) is 17.3 Å². The molecule has 0 spiro atoms. The Morgan fingerprint density at radius 3 is 2.62 bits per heavy atom. The van der Waals surface area contributed by atoms with Crippen LogP contribution in [0.2, 0.25) is 10.0 Å². The van der Waals surface area contributed by atoms with Gasteiger partial charge in [0.05, 0.1) is 22.3 Å². The van der Waals surface area contributed by atoms with Gasteiger partial charge in [-0.2, -0.15) is 4.98 Å². The Labute approximate surface area is 193 Å². The average molecular weight is 471 g/mol. The third-order valence-corrected chi connectivity index (χ3v) is 5.21. The standard InChI is InChI=1S/C23H17Cl2FN4O2/c1-2-32-23-28-21(14-9-10-19(24)20(25)12-14)30(29-23)18-8-4-7-17(13-18)27-22(31)15-5-3-6-16(26)11-15/h3-13H,2H2,1H3,(H,27,31). The van der Waals surface area contributed by atoms with Crippen molar-refractivity contribution in [3.8, 4) is 23.1 Å². The summed E-state index contributed by atoms with van der Waals surface area (Å²) in [6, 6.07) is 17.8. The van der Waals surface area contributed by atoms with E-state index >= 15 is 0 Å². The van der Waals surface area contributed by atoms with E-state index in [0.29, 0.717) is 39.4 Å². The van der Waals surface area contributed by atoms with E-state index in [1.165, 1.54) is 24.3 Å². The third kappa shape index (κ3) is 4.74. The zero-order valence-corrected chi connectivity index (χ0v) is 18.4. The Hall–Kier alpha value is -3.42. The van der Waals surface area contributed by atoms with Crippen molar-refractivity contribution in [3.63, 3.8) is 0 Å². The van der Waals surface area contributed by atoms with Crippen molar-refractivity contribution >= 4 is 34.8 Å². The van der Waals surface area contributed by atoms with Crippen molar-refractivity contribution in [2.24, 2.45) is 0 Å². The van der Waals surface area contributed by atoms with Gasteiger partial charge in [0.1, 0.15) is 5.82 Å². The molecule has 9 heteroatoms. The van der Waals surface area contributed by atoms with Crippen LogP contribution < -0.4 is 10.1 Å². The van der Waals surface area contributed by atoms with Crippen LogP contribution in [0.3, 0.4) is 0 Å². The first-order chi connectivity index (χ1) is 15.4. The van der Waals surface area contributed by atoms with Crippen molar-refractivity contribution in [2.45, 2.75) is 6.92 Å². The Morgan fingerprint density at radius 2 is 1.88 bits per heavy atom. The maximum Gasteiger partial charge on any atom is 0.336 e. The molecule has 6 nitrogen and oxygen atoms in total. The lowest BCUT2D eigenvalue weighted by atomic mass is 10.2. The van der Waals surface area contributed by atoms with Crippen LogP contribution in [0.5, 0.6) is 6.01 Å². The molecule has 1 amide bonds. The summed E-state index contributed by atoms with van der Waals surface area (Å²) in [4.78, 5) is 17.0. The van der Waals surface area contributed by atoms with Crippen molar-refractivity contribution in [1.29, 1.82) is 0 Å². The SMILES string of the molecule is CCOc1nc(-c2ccc(Cl)c(Cl)c2)n(-c2cccc(NC(=O)c3cccc(F)c3)c2)n1. The monoisotopic (exact) mass is 470 g/mol. The largest absolute Gasteiger partial charge is 0.463 e. The number of rotatable bonds is 6. The predicted molar refractivity (Wildman–Crippen MR) is 122 cm³/mol. The zero-order valence-electron chi connectivity index (χ0n) is 16.8. The summed E-state index contributed by atoms with van der Waals surface area (Å²) >= 11 is 12.2. The minimum absolute atomic E-state index is 0.197.